The van der Waals surface area contributed by atoms with Crippen LogP contribution >= 0.6 is 0 Å². The van der Waals surface area contributed by atoms with Crippen molar-refractivity contribution in [1.82, 2.24) is 15.1 Å². The number of nitrogens with two attached hydrogens (primary N) is 1. The van der Waals surface area contributed by atoms with Gasteiger partial charge in [-0.15, -0.1) is 0 Å². The van der Waals surface area contributed by atoms with Gasteiger partial charge in [0.25, 0.3) is 11.8 Å². The van der Waals surface area contributed by atoms with Crippen LogP contribution in [-0.2, 0) is 16.0 Å². The Hall–Kier alpha value is -3.95. The quantitative estimate of drug-likeness (QED) is 0.536. The normalized spacial score (nSPS) is 11.9. The van der Waals surface area contributed by atoms with Gasteiger partial charge in [0, 0.05) is 18.2 Å². The van der Waals surface area contributed by atoms with Crippen LogP contribution in [0.25, 0.3) is 11.3 Å². The van der Waals surface area contributed by atoms with Crippen molar-refractivity contribution in [2.24, 2.45) is 5.73 Å². The summed E-state index contributed by atoms with van der Waals surface area (Å²) in [5.74, 6) is -4.09. The molecular formula is C21H17F3N4O3. The van der Waals surface area contributed by atoms with Crippen molar-refractivity contribution in [2.75, 3.05) is 0 Å². The van der Waals surface area contributed by atoms with Crippen molar-refractivity contribution in [3.63, 3.8) is 0 Å². The first-order valence-corrected chi connectivity index (χ1v) is 9.08. The SMILES string of the molecule is NC(=O)C(=O)C(Cc1ccccc1)NC(=O)c1cn(C(F)F)nc1-c1ccccc1F. The van der Waals surface area contributed by atoms with E-state index in [1.807, 2.05) is 0 Å². The van der Waals surface area contributed by atoms with Crippen LogP contribution in [0.2, 0.25) is 0 Å². The average Bonchev–Trinajstić information content (AvgIpc) is 3.19. The van der Waals surface area contributed by atoms with Crippen LogP contribution in [-0.4, -0.2) is 33.4 Å². The van der Waals surface area contributed by atoms with Crippen LogP contribution in [0.1, 0.15) is 22.5 Å². The lowest BCUT2D eigenvalue weighted by molar-refractivity contribution is -0.137. The Morgan fingerprint density at radius 2 is 1.68 bits per heavy atom. The second-order valence-electron chi connectivity index (χ2n) is 6.57. The molecule has 160 valence electrons. The fourth-order valence-corrected chi connectivity index (χ4v) is 2.98. The number of nitrogens with one attached hydrogen (secondary N) is 1. The first kappa shape index (κ1) is 21.8. The van der Waals surface area contributed by atoms with E-state index >= 15 is 0 Å². The van der Waals surface area contributed by atoms with Crippen LogP contribution in [0.15, 0.2) is 60.8 Å². The summed E-state index contributed by atoms with van der Waals surface area (Å²) in [6.07, 6.45) is 0.683. The van der Waals surface area contributed by atoms with Gasteiger partial charge in [0.1, 0.15) is 17.6 Å². The van der Waals surface area contributed by atoms with Crippen molar-refractivity contribution < 1.29 is 27.6 Å². The summed E-state index contributed by atoms with van der Waals surface area (Å²) in [5.41, 5.74) is 4.82. The highest BCUT2D eigenvalue weighted by atomic mass is 19.3. The van der Waals surface area contributed by atoms with Crippen molar-refractivity contribution >= 4 is 17.6 Å². The third kappa shape index (κ3) is 4.97. The molecule has 3 N–H and O–H groups in total. The molecule has 0 fully saturated rings. The van der Waals surface area contributed by atoms with Gasteiger partial charge in [-0.1, -0.05) is 42.5 Å². The molecule has 3 rings (SSSR count). The minimum absolute atomic E-state index is 0.0631. The number of rotatable bonds is 8. The highest BCUT2D eigenvalue weighted by Gasteiger charge is 2.29. The van der Waals surface area contributed by atoms with Gasteiger partial charge < -0.3 is 11.1 Å². The maximum Gasteiger partial charge on any atom is 0.333 e. The maximum absolute atomic E-state index is 14.2. The summed E-state index contributed by atoms with van der Waals surface area (Å²) in [4.78, 5) is 36.6. The average molecular weight is 430 g/mol. The fourth-order valence-electron chi connectivity index (χ4n) is 2.98. The molecule has 0 radical (unpaired) electrons. The molecule has 31 heavy (non-hydrogen) atoms. The number of benzene rings is 2. The molecule has 10 heteroatoms. The van der Waals surface area contributed by atoms with E-state index in [2.05, 4.69) is 10.4 Å². The number of carbonyl (C=O) groups is 3. The van der Waals surface area contributed by atoms with Crippen molar-refractivity contribution in [1.29, 1.82) is 0 Å². The first-order valence-electron chi connectivity index (χ1n) is 9.08. The first-order chi connectivity index (χ1) is 14.8. The van der Waals surface area contributed by atoms with Crippen LogP contribution < -0.4 is 11.1 Å². The van der Waals surface area contributed by atoms with Crippen molar-refractivity contribution in [3.8, 4) is 11.3 Å². The van der Waals surface area contributed by atoms with Crippen molar-refractivity contribution in [3.05, 3.63) is 77.7 Å². The maximum atomic E-state index is 14.2. The number of nitrogens with zero attached hydrogens (tertiary/aromatic N) is 2. The van der Waals surface area contributed by atoms with Gasteiger partial charge in [-0.25, -0.2) is 9.07 Å². The van der Waals surface area contributed by atoms with Crippen LogP contribution in [0.5, 0.6) is 0 Å². The van der Waals surface area contributed by atoms with E-state index in [-0.39, 0.29) is 27.9 Å². The number of halogens is 3. The number of primary amides is 1. The Balaban J connectivity index is 1.97. The number of hydrogen-bond donors (Lipinski definition) is 2. The lowest BCUT2D eigenvalue weighted by Gasteiger charge is -2.16. The van der Waals surface area contributed by atoms with Gasteiger partial charge in [-0.2, -0.15) is 13.9 Å². The Labute approximate surface area is 174 Å². The van der Waals surface area contributed by atoms with Crippen molar-refractivity contribution in [2.45, 2.75) is 19.0 Å². The van der Waals surface area contributed by atoms with E-state index in [4.69, 9.17) is 5.73 Å². The smallest absolute Gasteiger partial charge is 0.333 e. The summed E-state index contributed by atoms with van der Waals surface area (Å²) < 4.78 is 40.8. The van der Waals surface area contributed by atoms with E-state index in [0.717, 1.165) is 12.3 Å². The molecular weight excluding hydrogens is 413 g/mol. The molecule has 0 aliphatic rings. The zero-order valence-electron chi connectivity index (χ0n) is 16.0. The third-order valence-electron chi connectivity index (χ3n) is 4.45. The topological polar surface area (TPSA) is 107 Å². The minimum Gasteiger partial charge on any atom is -0.363 e. The van der Waals surface area contributed by atoms with Gasteiger partial charge in [-0.05, 0) is 17.7 Å². The van der Waals surface area contributed by atoms with E-state index in [1.54, 1.807) is 30.3 Å². The Kier molecular flexibility index (Phi) is 6.49. The molecule has 1 atom stereocenters. The molecule has 7 nitrogen and oxygen atoms in total. The second-order valence-corrected chi connectivity index (χ2v) is 6.57. The number of amides is 2. The summed E-state index contributed by atoms with van der Waals surface area (Å²) in [6.45, 7) is -3.08. The van der Waals surface area contributed by atoms with E-state index in [9.17, 15) is 27.6 Å². The number of hydrogen-bond acceptors (Lipinski definition) is 4. The summed E-state index contributed by atoms with van der Waals surface area (Å²) in [7, 11) is 0. The number of alkyl halides is 2. The van der Waals surface area contributed by atoms with E-state index in [0.29, 0.717) is 5.56 Å². The molecule has 0 spiro atoms. The van der Waals surface area contributed by atoms with E-state index < -0.39 is 36.0 Å². The molecule has 1 aromatic heterocycles. The largest absolute Gasteiger partial charge is 0.363 e. The molecule has 0 saturated carbocycles. The van der Waals surface area contributed by atoms with Gasteiger partial charge in [0.05, 0.1) is 5.56 Å². The summed E-state index contributed by atoms with van der Waals surface area (Å²) >= 11 is 0. The molecule has 0 saturated heterocycles. The molecule has 1 unspecified atom stereocenters. The molecule has 0 aliphatic carbocycles. The predicted molar refractivity (Wildman–Crippen MR) is 104 cm³/mol. The lowest BCUT2D eigenvalue weighted by atomic mass is 10.0. The van der Waals surface area contributed by atoms with Crippen LogP contribution in [0.3, 0.4) is 0 Å². The molecule has 2 aromatic carbocycles. The monoisotopic (exact) mass is 430 g/mol. The zero-order valence-corrected chi connectivity index (χ0v) is 16.0. The van der Waals surface area contributed by atoms with Gasteiger partial charge in [-0.3, -0.25) is 14.4 Å². The number of ketones is 1. The van der Waals surface area contributed by atoms with E-state index in [1.165, 1.54) is 18.2 Å². The second kappa shape index (κ2) is 9.24. The number of aromatic nitrogens is 2. The number of Topliss-reactive ketones (excluding diaryl/α,β-unsaturated/α-hetero) is 1. The van der Waals surface area contributed by atoms with Gasteiger partial charge in [0.2, 0.25) is 5.78 Å². The van der Waals surface area contributed by atoms with Gasteiger partial charge in [0.15, 0.2) is 0 Å². The minimum atomic E-state index is -3.08. The molecule has 3 aromatic rings. The highest BCUT2D eigenvalue weighted by molar-refractivity contribution is 6.38. The Morgan fingerprint density at radius 1 is 1.03 bits per heavy atom. The number of carbonyl (C=O) groups excluding carboxylic acids is 3. The highest BCUT2D eigenvalue weighted by Crippen LogP contribution is 2.27. The third-order valence-corrected chi connectivity index (χ3v) is 4.45. The molecule has 1 heterocycles. The zero-order chi connectivity index (χ0) is 22.5. The van der Waals surface area contributed by atoms with Crippen LogP contribution in [0.4, 0.5) is 13.2 Å². The lowest BCUT2D eigenvalue weighted by Crippen LogP contribution is -2.47. The molecule has 2 amide bonds. The van der Waals surface area contributed by atoms with Crippen LogP contribution in [0, 0.1) is 5.82 Å². The predicted octanol–water partition coefficient (Wildman–Crippen LogP) is 2.48. The summed E-state index contributed by atoms with van der Waals surface area (Å²) in [6, 6.07) is 12.4. The Bertz CT molecular complexity index is 1120. The van der Waals surface area contributed by atoms with Gasteiger partial charge >= 0.3 is 6.55 Å². The molecule has 0 bridgehead atoms. The Morgan fingerprint density at radius 3 is 2.29 bits per heavy atom. The summed E-state index contributed by atoms with van der Waals surface area (Å²) in [5, 5.41) is 5.96. The molecule has 0 aliphatic heterocycles. The fraction of sp³-hybridized carbons (Fsp3) is 0.143. The standard InChI is InChI=1S/C21H17F3N4O3/c22-15-9-5-4-8-13(15)17-14(11-28(27-17)21(23)24)20(31)26-16(18(29)19(25)30)10-12-6-2-1-3-7-12/h1-9,11,16,21H,10H2,(H2,25,30)(H,26,31).